The number of para-hydroxylation sites is 1. The number of fused-ring (bicyclic) bond motifs is 1. The zero-order chi connectivity index (χ0) is 13.7. The highest BCUT2D eigenvalue weighted by Gasteiger charge is 2.04. The summed E-state index contributed by atoms with van der Waals surface area (Å²) >= 11 is 0. The second-order valence-electron chi connectivity index (χ2n) is 4.62. The van der Waals surface area contributed by atoms with Crippen molar-refractivity contribution in [3.05, 3.63) is 53.1 Å². The van der Waals surface area contributed by atoms with E-state index >= 15 is 0 Å². The van der Waals surface area contributed by atoms with Crippen LogP contribution in [0.4, 0.5) is 0 Å². The van der Waals surface area contributed by atoms with Crippen LogP contribution < -0.4 is 10.9 Å². The first kappa shape index (κ1) is 13.5. The van der Waals surface area contributed by atoms with Crippen LogP contribution in [0.3, 0.4) is 0 Å². The van der Waals surface area contributed by atoms with Gasteiger partial charge in [-0.25, -0.2) is 4.98 Å². The summed E-state index contributed by atoms with van der Waals surface area (Å²) in [7, 11) is 0. The van der Waals surface area contributed by atoms with Gasteiger partial charge in [0.2, 0.25) is 0 Å². The van der Waals surface area contributed by atoms with Gasteiger partial charge in [0.1, 0.15) is 0 Å². The Labute approximate surface area is 112 Å². The van der Waals surface area contributed by atoms with Crippen molar-refractivity contribution in [2.75, 3.05) is 13.1 Å². The van der Waals surface area contributed by atoms with Gasteiger partial charge in [0.25, 0.3) is 5.56 Å². The van der Waals surface area contributed by atoms with Gasteiger partial charge in [-0.05, 0) is 30.7 Å². The Morgan fingerprint density at radius 2 is 2.21 bits per heavy atom. The molecule has 0 aliphatic rings. The molecular weight excluding hydrogens is 238 g/mol. The molecule has 2 aromatic rings. The Hall–Kier alpha value is -1.94. The normalized spacial score (nSPS) is 10.8. The first-order valence-corrected chi connectivity index (χ1v) is 6.54. The number of hydrogen-bond acceptors (Lipinski definition) is 3. The van der Waals surface area contributed by atoms with Gasteiger partial charge in [-0.3, -0.25) is 9.36 Å². The third-order valence-electron chi connectivity index (χ3n) is 2.93. The van der Waals surface area contributed by atoms with Gasteiger partial charge in [-0.15, -0.1) is 0 Å². The molecule has 19 heavy (non-hydrogen) atoms. The first-order chi connectivity index (χ1) is 9.22. The quantitative estimate of drug-likeness (QED) is 0.635. The van der Waals surface area contributed by atoms with Crippen molar-refractivity contribution in [3.63, 3.8) is 0 Å². The summed E-state index contributed by atoms with van der Waals surface area (Å²) in [4.78, 5) is 16.5. The summed E-state index contributed by atoms with van der Waals surface area (Å²) < 4.78 is 1.61. The predicted octanol–water partition coefficient (Wildman–Crippen LogP) is 1.95. The van der Waals surface area contributed by atoms with E-state index in [0.717, 1.165) is 30.6 Å². The Morgan fingerprint density at radius 3 is 3.00 bits per heavy atom. The molecule has 1 aromatic carbocycles. The van der Waals surface area contributed by atoms with E-state index in [1.165, 1.54) is 0 Å². The molecule has 0 unspecified atom stereocenters. The van der Waals surface area contributed by atoms with Crippen LogP contribution in [-0.2, 0) is 6.54 Å². The van der Waals surface area contributed by atoms with Crippen LogP contribution in [0.5, 0.6) is 0 Å². The average Bonchev–Trinajstić information content (AvgIpc) is 2.43. The number of nitrogens with zero attached hydrogens (tertiary/aromatic N) is 2. The van der Waals surface area contributed by atoms with E-state index in [4.69, 9.17) is 0 Å². The molecule has 1 heterocycles. The van der Waals surface area contributed by atoms with E-state index in [9.17, 15) is 4.79 Å². The second-order valence-corrected chi connectivity index (χ2v) is 4.62. The van der Waals surface area contributed by atoms with Crippen LogP contribution >= 0.6 is 0 Å². The van der Waals surface area contributed by atoms with E-state index in [-0.39, 0.29) is 5.56 Å². The van der Waals surface area contributed by atoms with Gasteiger partial charge in [-0.2, -0.15) is 0 Å². The maximum Gasteiger partial charge on any atom is 0.261 e. The highest BCUT2D eigenvalue weighted by Crippen LogP contribution is 2.05. The molecule has 0 bridgehead atoms. The molecule has 1 N–H and O–H groups in total. The maximum atomic E-state index is 12.3. The van der Waals surface area contributed by atoms with Crippen molar-refractivity contribution >= 4 is 10.9 Å². The molecule has 0 saturated carbocycles. The zero-order valence-electron chi connectivity index (χ0n) is 11.2. The molecule has 4 heteroatoms. The molecule has 0 aliphatic heterocycles. The fourth-order valence-electron chi connectivity index (χ4n) is 1.96. The van der Waals surface area contributed by atoms with Gasteiger partial charge >= 0.3 is 0 Å². The van der Waals surface area contributed by atoms with Gasteiger partial charge in [0.15, 0.2) is 0 Å². The lowest BCUT2D eigenvalue weighted by Crippen LogP contribution is -2.25. The van der Waals surface area contributed by atoms with E-state index < -0.39 is 0 Å². The van der Waals surface area contributed by atoms with Crippen LogP contribution in [0.25, 0.3) is 10.9 Å². The minimum Gasteiger partial charge on any atom is -0.313 e. The minimum absolute atomic E-state index is 0.0118. The Balaban J connectivity index is 2.15. The Kier molecular flexibility index (Phi) is 4.47. The fraction of sp³-hybridized carbons (Fsp3) is 0.333. The van der Waals surface area contributed by atoms with Crippen molar-refractivity contribution in [1.29, 1.82) is 0 Å². The highest BCUT2D eigenvalue weighted by atomic mass is 16.1. The summed E-state index contributed by atoms with van der Waals surface area (Å²) in [6.07, 6.45) is 2.68. The lowest BCUT2D eigenvalue weighted by Gasteiger charge is -2.09. The predicted molar refractivity (Wildman–Crippen MR) is 78.3 cm³/mol. The third-order valence-corrected chi connectivity index (χ3v) is 2.93. The molecule has 1 aromatic heterocycles. The SMILES string of the molecule is C=C(CNCCC)Cn1cnc2ccccc2c1=O. The van der Waals surface area contributed by atoms with Crippen LogP contribution in [0, 0.1) is 0 Å². The monoisotopic (exact) mass is 257 g/mol. The average molecular weight is 257 g/mol. The van der Waals surface area contributed by atoms with Gasteiger partial charge in [-0.1, -0.05) is 25.6 Å². The maximum absolute atomic E-state index is 12.3. The lowest BCUT2D eigenvalue weighted by atomic mass is 10.2. The van der Waals surface area contributed by atoms with E-state index in [1.807, 2.05) is 18.2 Å². The molecule has 0 amide bonds. The molecule has 0 atom stereocenters. The van der Waals surface area contributed by atoms with E-state index in [0.29, 0.717) is 11.9 Å². The molecule has 0 spiro atoms. The number of rotatable bonds is 6. The number of nitrogens with one attached hydrogen (secondary N) is 1. The van der Waals surface area contributed by atoms with Crippen molar-refractivity contribution in [1.82, 2.24) is 14.9 Å². The van der Waals surface area contributed by atoms with Crippen molar-refractivity contribution in [2.24, 2.45) is 0 Å². The van der Waals surface area contributed by atoms with Gasteiger partial charge in [0, 0.05) is 13.1 Å². The van der Waals surface area contributed by atoms with Gasteiger partial charge in [0.05, 0.1) is 17.2 Å². The lowest BCUT2D eigenvalue weighted by molar-refractivity contribution is 0.661. The largest absolute Gasteiger partial charge is 0.313 e. The number of benzene rings is 1. The van der Waals surface area contributed by atoms with Gasteiger partial charge < -0.3 is 5.32 Å². The standard InChI is InChI=1S/C15H19N3O/c1-3-8-16-9-12(2)10-18-11-17-14-7-5-4-6-13(14)15(18)19/h4-7,11,16H,2-3,8-10H2,1H3. The van der Waals surface area contributed by atoms with Crippen molar-refractivity contribution in [2.45, 2.75) is 19.9 Å². The van der Waals surface area contributed by atoms with Crippen molar-refractivity contribution in [3.8, 4) is 0 Å². The molecule has 0 radical (unpaired) electrons. The Morgan fingerprint density at radius 1 is 1.42 bits per heavy atom. The molecule has 0 aliphatic carbocycles. The number of hydrogen-bond donors (Lipinski definition) is 1. The zero-order valence-corrected chi connectivity index (χ0v) is 11.2. The molecule has 4 nitrogen and oxygen atoms in total. The van der Waals surface area contributed by atoms with Crippen LogP contribution in [0.2, 0.25) is 0 Å². The minimum atomic E-state index is -0.0118. The van der Waals surface area contributed by atoms with Crippen LogP contribution in [0.15, 0.2) is 47.5 Å². The summed E-state index contributed by atoms with van der Waals surface area (Å²) in [5, 5.41) is 3.93. The molecule has 0 saturated heterocycles. The van der Waals surface area contributed by atoms with E-state index in [2.05, 4.69) is 23.8 Å². The van der Waals surface area contributed by atoms with Crippen molar-refractivity contribution < 1.29 is 0 Å². The summed E-state index contributed by atoms with van der Waals surface area (Å²) in [6.45, 7) is 8.31. The molecule has 2 rings (SSSR count). The smallest absolute Gasteiger partial charge is 0.261 e. The summed E-state index contributed by atoms with van der Waals surface area (Å²) in [6, 6.07) is 7.39. The Bertz CT molecular complexity index is 631. The molecule has 100 valence electrons. The fourth-order valence-corrected chi connectivity index (χ4v) is 1.96. The van der Waals surface area contributed by atoms with Crippen LogP contribution in [0.1, 0.15) is 13.3 Å². The number of aromatic nitrogens is 2. The second kappa shape index (κ2) is 6.29. The molecule has 0 fully saturated rings. The first-order valence-electron chi connectivity index (χ1n) is 6.54. The van der Waals surface area contributed by atoms with Crippen LogP contribution in [-0.4, -0.2) is 22.6 Å². The highest BCUT2D eigenvalue weighted by molar-refractivity contribution is 5.76. The molecular formula is C15H19N3O. The van der Waals surface area contributed by atoms with E-state index in [1.54, 1.807) is 17.0 Å². The topological polar surface area (TPSA) is 46.9 Å². The summed E-state index contributed by atoms with van der Waals surface area (Å²) in [5.41, 5.74) is 1.70. The summed E-state index contributed by atoms with van der Waals surface area (Å²) in [5.74, 6) is 0. The third kappa shape index (κ3) is 3.29.